The van der Waals surface area contributed by atoms with Crippen LogP contribution in [0.15, 0.2) is 48.8 Å². The maximum Gasteiger partial charge on any atom is 2.00 e. The standard InChI is InChI=1S/2C6H5NO2.Ca.3H2O/c2*8-6(9)5-3-1-2-4-7-5;;;;/h2*1-4H,(H,8,9);;3*1H2/q;;+2;;;/p-2. The number of aromatic nitrogens is 2. The quantitative estimate of drug-likeness (QED) is 0.499. The summed E-state index contributed by atoms with van der Waals surface area (Å²) in [6.45, 7) is 0. The molecule has 0 aliphatic carbocycles. The van der Waals surface area contributed by atoms with Crippen molar-refractivity contribution in [2.45, 2.75) is 0 Å². The van der Waals surface area contributed by atoms with Crippen LogP contribution in [0.2, 0.25) is 0 Å². The van der Waals surface area contributed by atoms with Crippen molar-refractivity contribution < 1.29 is 36.2 Å². The molecule has 10 heteroatoms. The van der Waals surface area contributed by atoms with Gasteiger partial charge in [0, 0.05) is 12.4 Å². The number of carboxylic acids is 2. The van der Waals surface area contributed by atoms with Gasteiger partial charge in [0.25, 0.3) is 0 Å². The van der Waals surface area contributed by atoms with E-state index in [1.165, 1.54) is 24.5 Å². The third-order valence-electron chi connectivity index (χ3n) is 1.75. The van der Waals surface area contributed by atoms with E-state index in [0.717, 1.165) is 0 Å². The molecule has 0 aliphatic rings. The van der Waals surface area contributed by atoms with Crippen LogP contribution in [0.4, 0.5) is 0 Å². The van der Waals surface area contributed by atoms with E-state index < -0.39 is 11.9 Å². The number of hydrogen-bond donors (Lipinski definition) is 0. The summed E-state index contributed by atoms with van der Waals surface area (Å²) in [6.07, 6.45) is 2.82. The van der Waals surface area contributed by atoms with Gasteiger partial charge in [-0.1, -0.05) is 12.1 Å². The number of carboxylic acid groups (broad SMARTS) is 2. The molecule has 0 bridgehead atoms. The topological polar surface area (TPSA) is 201 Å². The van der Waals surface area contributed by atoms with Crippen molar-refractivity contribution in [3.63, 3.8) is 0 Å². The van der Waals surface area contributed by atoms with E-state index >= 15 is 0 Å². The second kappa shape index (κ2) is 15.8. The van der Waals surface area contributed by atoms with Crippen LogP contribution >= 0.6 is 0 Å². The first-order valence-corrected chi connectivity index (χ1v) is 4.86. The average Bonchev–Trinajstić information content (AvgIpc) is 2.41. The summed E-state index contributed by atoms with van der Waals surface area (Å²) in [6, 6.07) is 9.25. The summed E-state index contributed by atoms with van der Waals surface area (Å²) in [4.78, 5) is 27.1. The van der Waals surface area contributed by atoms with Gasteiger partial charge in [-0.25, -0.2) is 0 Å². The first-order valence-electron chi connectivity index (χ1n) is 4.86. The van der Waals surface area contributed by atoms with Gasteiger partial charge >= 0.3 is 37.7 Å². The van der Waals surface area contributed by atoms with Crippen LogP contribution in [0.25, 0.3) is 0 Å². The van der Waals surface area contributed by atoms with Gasteiger partial charge in [-0.2, -0.15) is 0 Å². The van der Waals surface area contributed by atoms with E-state index in [1.54, 1.807) is 24.3 Å². The van der Waals surface area contributed by atoms with Crippen molar-refractivity contribution in [3.05, 3.63) is 60.2 Å². The predicted molar refractivity (Wildman–Crippen MR) is 73.7 cm³/mol. The van der Waals surface area contributed by atoms with Crippen molar-refractivity contribution in [2.75, 3.05) is 0 Å². The SMILES string of the molecule is O.O.O.O=C([O-])c1ccccn1.O=C([O-])c1ccccn1.[Ca+2]. The van der Waals surface area contributed by atoms with Gasteiger partial charge in [0.05, 0.1) is 23.3 Å². The second-order valence-electron chi connectivity index (χ2n) is 3.00. The number of nitrogens with zero attached hydrogens (tertiary/aromatic N) is 2. The molecule has 0 amide bonds. The molecule has 0 saturated heterocycles. The Morgan fingerprint density at radius 2 is 1.05 bits per heavy atom. The average molecular weight is 338 g/mol. The van der Waals surface area contributed by atoms with Gasteiger partial charge in [0.15, 0.2) is 0 Å². The zero-order valence-electron chi connectivity index (χ0n) is 11.4. The number of pyridine rings is 2. The van der Waals surface area contributed by atoms with E-state index in [0.29, 0.717) is 0 Å². The summed E-state index contributed by atoms with van der Waals surface area (Å²) in [5.41, 5.74) is -0.0602. The van der Waals surface area contributed by atoms with Crippen LogP contribution in [-0.2, 0) is 0 Å². The number of aromatic carboxylic acids is 2. The molecule has 0 atom stereocenters. The molecular formula is C12H14CaN2O7. The molecule has 22 heavy (non-hydrogen) atoms. The Bertz CT molecular complexity index is 476. The molecule has 2 rings (SSSR count). The largest absolute Gasteiger partial charge is 2.00 e. The summed E-state index contributed by atoms with van der Waals surface area (Å²) in [5.74, 6) is -2.48. The smallest absolute Gasteiger partial charge is 0.543 e. The van der Waals surface area contributed by atoms with Crippen LogP contribution in [0.3, 0.4) is 0 Å². The Morgan fingerprint density at radius 1 is 0.727 bits per heavy atom. The van der Waals surface area contributed by atoms with E-state index in [4.69, 9.17) is 0 Å². The van der Waals surface area contributed by atoms with Crippen LogP contribution < -0.4 is 10.2 Å². The fraction of sp³-hybridized carbons (Fsp3) is 0. The molecule has 0 spiro atoms. The maximum absolute atomic E-state index is 10.0. The first-order chi connectivity index (χ1) is 8.61. The number of rotatable bonds is 2. The second-order valence-corrected chi connectivity index (χ2v) is 3.00. The zero-order chi connectivity index (χ0) is 13.4. The van der Waals surface area contributed by atoms with Crippen LogP contribution in [-0.4, -0.2) is 76.1 Å². The summed E-state index contributed by atoms with van der Waals surface area (Å²) in [7, 11) is 0. The first kappa shape index (κ1) is 28.5. The molecule has 0 fully saturated rings. The number of hydrogen-bond acceptors (Lipinski definition) is 6. The van der Waals surface area contributed by atoms with E-state index in [2.05, 4.69) is 9.97 Å². The molecule has 0 aromatic carbocycles. The van der Waals surface area contributed by atoms with Gasteiger partial charge in [-0.3, -0.25) is 9.97 Å². The van der Waals surface area contributed by atoms with E-state index in [9.17, 15) is 19.8 Å². The van der Waals surface area contributed by atoms with Gasteiger partial charge < -0.3 is 36.2 Å². The minimum absolute atomic E-state index is 0. The molecule has 0 unspecified atom stereocenters. The van der Waals surface area contributed by atoms with E-state index in [1.807, 2.05) is 0 Å². The van der Waals surface area contributed by atoms with Crippen LogP contribution in [0.1, 0.15) is 21.0 Å². The third-order valence-corrected chi connectivity index (χ3v) is 1.75. The normalized spacial score (nSPS) is 7.27. The van der Waals surface area contributed by atoms with Crippen LogP contribution in [0, 0.1) is 0 Å². The Labute approximate surface area is 155 Å². The minimum Gasteiger partial charge on any atom is -0.543 e. The molecule has 2 aromatic rings. The van der Waals surface area contributed by atoms with Crippen molar-refractivity contribution >= 4 is 49.7 Å². The molecule has 2 aromatic heterocycles. The number of carbonyl (C=O) groups is 2. The zero-order valence-corrected chi connectivity index (χ0v) is 13.6. The molecule has 116 valence electrons. The fourth-order valence-corrected chi connectivity index (χ4v) is 0.967. The number of carbonyl (C=O) groups excluding carboxylic acids is 2. The Hall–Kier alpha value is -1.62. The summed E-state index contributed by atoms with van der Waals surface area (Å²) in [5, 5.41) is 20.1. The predicted octanol–water partition coefficient (Wildman–Crippen LogP) is -3.96. The Balaban J connectivity index is -0.000000125. The molecule has 0 radical (unpaired) electrons. The fourth-order valence-electron chi connectivity index (χ4n) is 0.967. The molecule has 9 nitrogen and oxygen atoms in total. The molecule has 6 N–H and O–H groups in total. The molecule has 0 saturated carbocycles. The molecular weight excluding hydrogens is 324 g/mol. The monoisotopic (exact) mass is 338 g/mol. The van der Waals surface area contributed by atoms with Gasteiger partial charge in [-0.05, 0) is 24.3 Å². The van der Waals surface area contributed by atoms with Crippen molar-refractivity contribution in [3.8, 4) is 0 Å². The molecule has 0 aliphatic heterocycles. The van der Waals surface area contributed by atoms with E-state index in [-0.39, 0.29) is 65.6 Å². The van der Waals surface area contributed by atoms with Gasteiger partial charge in [-0.15, -0.1) is 0 Å². The third kappa shape index (κ3) is 11.1. The molecule has 2 heterocycles. The van der Waals surface area contributed by atoms with Gasteiger partial charge in [0.2, 0.25) is 0 Å². The van der Waals surface area contributed by atoms with Crippen LogP contribution in [0.5, 0.6) is 0 Å². The van der Waals surface area contributed by atoms with Crippen molar-refractivity contribution in [2.24, 2.45) is 0 Å². The summed E-state index contributed by atoms with van der Waals surface area (Å²) >= 11 is 0. The Morgan fingerprint density at radius 3 is 1.18 bits per heavy atom. The van der Waals surface area contributed by atoms with Gasteiger partial charge in [0.1, 0.15) is 0 Å². The minimum atomic E-state index is -1.24. The summed E-state index contributed by atoms with van der Waals surface area (Å²) < 4.78 is 0. The van der Waals surface area contributed by atoms with Crippen molar-refractivity contribution in [1.29, 1.82) is 0 Å². The van der Waals surface area contributed by atoms with Crippen molar-refractivity contribution in [1.82, 2.24) is 9.97 Å². The maximum atomic E-state index is 10.0. The Kier molecular flexibility index (Phi) is 20.4.